The number of carboxylic acid groups (broad SMARTS) is 2. The van der Waals surface area contributed by atoms with Crippen molar-refractivity contribution in [2.75, 3.05) is 0 Å². The van der Waals surface area contributed by atoms with E-state index in [1.165, 1.54) is 25.7 Å². The van der Waals surface area contributed by atoms with Gasteiger partial charge in [0.25, 0.3) is 0 Å². The number of amides is 1. The minimum absolute atomic E-state index is 0. The molecule has 0 aromatic rings. The fourth-order valence-corrected chi connectivity index (χ4v) is 2.63. The Hall–Kier alpha value is 1.68. The molecule has 1 unspecified atom stereocenters. The first-order chi connectivity index (χ1) is 9.49. The quantitative estimate of drug-likeness (QED) is 0.411. The molecule has 1 saturated carbocycles. The van der Waals surface area contributed by atoms with Crippen molar-refractivity contribution in [2.45, 2.75) is 63.8 Å². The topological polar surface area (TPSA) is 109 Å². The second-order valence-electron chi connectivity index (χ2n) is 5.39. The molecule has 0 aromatic heterocycles. The number of aliphatic carboxylic acids is 2. The number of rotatable bonds is 9. The zero-order valence-electron chi connectivity index (χ0n) is 13.6. The SMILES string of the molecule is O=C([O-])CCC(NC(=O)CCCC1CCCC1)C(=O)[O-].[K+].[K+]. The average molecular weight is 362 g/mol. The smallest absolute Gasteiger partial charge is 0.550 e. The van der Waals surface area contributed by atoms with Crippen LogP contribution in [0.1, 0.15) is 57.8 Å². The van der Waals surface area contributed by atoms with Gasteiger partial charge in [0.05, 0.1) is 12.0 Å². The van der Waals surface area contributed by atoms with Crippen molar-refractivity contribution in [2.24, 2.45) is 5.92 Å². The Morgan fingerprint density at radius 3 is 2.14 bits per heavy atom. The van der Waals surface area contributed by atoms with Gasteiger partial charge >= 0.3 is 103 Å². The van der Waals surface area contributed by atoms with Crippen LogP contribution in [0.3, 0.4) is 0 Å². The Bertz CT molecular complexity index is 359. The maximum Gasteiger partial charge on any atom is 1.00 e. The summed E-state index contributed by atoms with van der Waals surface area (Å²) in [6, 6.07) is -1.26. The molecule has 1 N–H and O–H groups in total. The first-order valence-corrected chi connectivity index (χ1v) is 7.19. The molecule has 114 valence electrons. The standard InChI is InChI=1S/C14H23NO5.2K/c16-12(7-3-6-10-4-1-2-5-10)15-11(14(19)20)8-9-13(17)18;;/h10-11H,1-9H2,(H,15,16)(H,17,18)(H,19,20);;/q;2*+1/p-2. The van der Waals surface area contributed by atoms with Gasteiger partial charge in [-0.2, -0.15) is 0 Å². The van der Waals surface area contributed by atoms with Gasteiger partial charge in [0.2, 0.25) is 5.91 Å². The molecule has 0 aromatic carbocycles. The van der Waals surface area contributed by atoms with E-state index < -0.39 is 24.4 Å². The Balaban J connectivity index is 0. The number of carbonyl (C=O) groups is 3. The molecule has 1 aliphatic carbocycles. The molecule has 1 amide bonds. The number of carboxylic acids is 2. The molecule has 8 heteroatoms. The molecule has 0 saturated heterocycles. The van der Waals surface area contributed by atoms with Crippen LogP contribution in [0.15, 0.2) is 0 Å². The van der Waals surface area contributed by atoms with Gasteiger partial charge in [0, 0.05) is 12.4 Å². The van der Waals surface area contributed by atoms with Gasteiger partial charge in [0.1, 0.15) is 0 Å². The number of hydrogen-bond acceptors (Lipinski definition) is 5. The van der Waals surface area contributed by atoms with E-state index >= 15 is 0 Å². The van der Waals surface area contributed by atoms with Gasteiger partial charge in [-0.05, 0) is 31.6 Å². The van der Waals surface area contributed by atoms with Gasteiger partial charge < -0.3 is 25.1 Å². The van der Waals surface area contributed by atoms with E-state index in [1.807, 2.05) is 0 Å². The third-order valence-corrected chi connectivity index (χ3v) is 3.75. The Kier molecular flexibility index (Phi) is 17.6. The molecule has 6 nitrogen and oxygen atoms in total. The summed E-state index contributed by atoms with van der Waals surface area (Å²) in [5, 5.41) is 23.4. The minimum atomic E-state index is -1.46. The van der Waals surface area contributed by atoms with Crippen molar-refractivity contribution >= 4 is 17.8 Å². The average Bonchev–Trinajstić information content (AvgIpc) is 2.87. The van der Waals surface area contributed by atoms with Gasteiger partial charge in [-0.1, -0.05) is 25.7 Å². The van der Waals surface area contributed by atoms with E-state index in [1.54, 1.807) is 0 Å². The molecule has 1 rings (SSSR count). The van der Waals surface area contributed by atoms with E-state index in [-0.39, 0.29) is 122 Å². The third-order valence-electron chi connectivity index (χ3n) is 3.75. The first-order valence-electron chi connectivity index (χ1n) is 7.19. The molecule has 22 heavy (non-hydrogen) atoms. The molecular formula is C14H21K2NO5. The van der Waals surface area contributed by atoms with Crippen LogP contribution in [0, 0.1) is 5.92 Å². The van der Waals surface area contributed by atoms with Crippen LogP contribution in [-0.4, -0.2) is 23.9 Å². The molecule has 1 atom stereocenters. The van der Waals surface area contributed by atoms with Crippen LogP contribution in [0.2, 0.25) is 0 Å². The van der Waals surface area contributed by atoms with Gasteiger partial charge in [-0.15, -0.1) is 0 Å². The monoisotopic (exact) mass is 361 g/mol. The summed E-state index contributed by atoms with van der Waals surface area (Å²) >= 11 is 0. The van der Waals surface area contributed by atoms with Gasteiger partial charge in [-0.3, -0.25) is 4.79 Å². The van der Waals surface area contributed by atoms with E-state index in [4.69, 9.17) is 0 Å². The summed E-state index contributed by atoms with van der Waals surface area (Å²) in [6.45, 7) is 0. The van der Waals surface area contributed by atoms with Crippen LogP contribution in [-0.2, 0) is 14.4 Å². The molecule has 0 aliphatic heterocycles. The summed E-state index contributed by atoms with van der Waals surface area (Å²) in [5.74, 6) is -2.48. The Labute approximate surface area is 216 Å². The molecule has 0 heterocycles. The number of hydrogen-bond donors (Lipinski definition) is 1. The maximum atomic E-state index is 11.6. The summed E-state index contributed by atoms with van der Waals surface area (Å²) in [6.07, 6.45) is 6.31. The molecule has 0 spiro atoms. The summed E-state index contributed by atoms with van der Waals surface area (Å²) < 4.78 is 0. The van der Waals surface area contributed by atoms with Crippen molar-refractivity contribution < 1.29 is 127 Å². The van der Waals surface area contributed by atoms with E-state index in [0.29, 0.717) is 5.92 Å². The van der Waals surface area contributed by atoms with Crippen LogP contribution >= 0.6 is 0 Å². The zero-order chi connectivity index (χ0) is 15.0. The molecular weight excluding hydrogens is 340 g/mol. The van der Waals surface area contributed by atoms with E-state index in [2.05, 4.69) is 5.32 Å². The summed E-state index contributed by atoms with van der Waals surface area (Å²) in [5.41, 5.74) is 0. The van der Waals surface area contributed by atoms with Gasteiger partial charge in [-0.25, -0.2) is 0 Å². The third kappa shape index (κ3) is 12.1. The van der Waals surface area contributed by atoms with E-state index in [9.17, 15) is 24.6 Å². The number of nitrogens with one attached hydrogen (secondary N) is 1. The van der Waals surface area contributed by atoms with Crippen molar-refractivity contribution in [1.29, 1.82) is 0 Å². The zero-order valence-corrected chi connectivity index (χ0v) is 19.8. The van der Waals surface area contributed by atoms with Crippen molar-refractivity contribution in [1.82, 2.24) is 5.32 Å². The molecule has 1 fully saturated rings. The maximum absolute atomic E-state index is 11.6. The van der Waals surface area contributed by atoms with Crippen LogP contribution in [0.4, 0.5) is 0 Å². The number of carbonyl (C=O) groups excluding carboxylic acids is 3. The first kappa shape index (κ1) is 25.9. The predicted molar refractivity (Wildman–Crippen MR) is 67.0 cm³/mol. The fourth-order valence-electron chi connectivity index (χ4n) is 2.63. The summed E-state index contributed by atoms with van der Waals surface area (Å²) in [7, 11) is 0. The van der Waals surface area contributed by atoms with Crippen molar-refractivity contribution in [3.05, 3.63) is 0 Å². The molecule has 1 aliphatic rings. The molecule has 0 bridgehead atoms. The second-order valence-corrected chi connectivity index (χ2v) is 5.39. The predicted octanol–water partition coefficient (Wildman–Crippen LogP) is -6.88. The minimum Gasteiger partial charge on any atom is -0.550 e. The normalized spacial score (nSPS) is 15.3. The van der Waals surface area contributed by atoms with Crippen LogP contribution < -0.4 is 118 Å². The second kappa shape index (κ2) is 15.0. The summed E-state index contributed by atoms with van der Waals surface area (Å²) in [4.78, 5) is 32.7. The Morgan fingerprint density at radius 1 is 1.05 bits per heavy atom. The van der Waals surface area contributed by atoms with Crippen LogP contribution in [0.5, 0.6) is 0 Å². The fraction of sp³-hybridized carbons (Fsp3) is 0.786. The van der Waals surface area contributed by atoms with Crippen molar-refractivity contribution in [3.63, 3.8) is 0 Å². The largest absolute Gasteiger partial charge is 1.00 e. The molecule has 0 radical (unpaired) electrons. The van der Waals surface area contributed by atoms with Crippen molar-refractivity contribution in [3.8, 4) is 0 Å². The van der Waals surface area contributed by atoms with Crippen LogP contribution in [0.25, 0.3) is 0 Å². The Morgan fingerprint density at radius 2 is 1.64 bits per heavy atom. The van der Waals surface area contributed by atoms with Gasteiger partial charge in [0.15, 0.2) is 0 Å². The van der Waals surface area contributed by atoms with E-state index in [0.717, 1.165) is 12.8 Å².